The largest absolute Gasteiger partial charge is 0.352 e. The Labute approximate surface area is 110 Å². The van der Waals surface area contributed by atoms with Gasteiger partial charge in [-0.3, -0.25) is 0 Å². The van der Waals surface area contributed by atoms with Gasteiger partial charge in [-0.2, -0.15) is 4.55 Å². The minimum Gasteiger partial charge on any atom is -0.352 e. The van der Waals surface area contributed by atoms with E-state index in [-0.39, 0.29) is 29.4 Å². The van der Waals surface area contributed by atoms with Crippen LogP contribution in [0.15, 0.2) is 24.3 Å². The van der Waals surface area contributed by atoms with E-state index in [1.165, 1.54) is 12.1 Å². The van der Waals surface area contributed by atoms with Crippen molar-refractivity contribution in [2.45, 2.75) is 12.1 Å². The molecule has 0 aliphatic carbocycles. The van der Waals surface area contributed by atoms with Gasteiger partial charge in [0.2, 0.25) is 10.2 Å². The fraction of sp³-hybridized carbons (Fsp3) is 0.364. The van der Waals surface area contributed by atoms with Crippen LogP contribution in [0.5, 0.6) is 0 Å². The van der Waals surface area contributed by atoms with Gasteiger partial charge in [0.1, 0.15) is 17.9 Å². The van der Waals surface area contributed by atoms with Gasteiger partial charge in [-0.15, -0.1) is 0 Å². The summed E-state index contributed by atoms with van der Waals surface area (Å²) in [6, 6.07) is 5.75. The number of fused-ring (bicyclic) bond motifs is 1. The summed E-state index contributed by atoms with van der Waals surface area (Å²) in [5, 5.41) is 3.59. The number of hydrogen-bond acceptors (Lipinski definition) is 2. The molecular weight excluding hydrogens is 275 g/mol. The Hall–Kier alpha value is -1.05. The molecule has 0 amide bonds. The van der Waals surface area contributed by atoms with Crippen LogP contribution >= 0.6 is 12.2 Å². The first kappa shape index (κ1) is 12.0. The van der Waals surface area contributed by atoms with E-state index in [4.69, 9.17) is 12.2 Å². The van der Waals surface area contributed by atoms with Crippen molar-refractivity contribution in [1.29, 1.82) is 0 Å². The predicted molar refractivity (Wildman–Crippen MR) is 72.6 cm³/mol. The fourth-order valence-corrected chi connectivity index (χ4v) is 4.83. The number of nitrogens with zero attached hydrogens (tertiary/aromatic N) is 1. The maximum absolute atomic E-state index is 12.9. The van der Waals surface area contributed by atoms with Crippen molar-refractivity contribution >= 4 is 33.2 Å². The third kappa shape index (κ3) is 1.92. The van der Waals surface area contributed by atoms with Gasteiger partial charge in [0.15, 0.2) is 16.6 Å². The summed E-state index contributed by atoms with van der Waals surface area (Å²) in [6.45, 7) is 0. The Morgan fingerprint density at radius 2 is 2.06 bits per heavy atom. The van der Waals surface area contributed by atoms with Crippen LogP contribution in [0.25, 0.3) is 0 Å². The fourth-order valence-electron chi connectivity index (χ4n) is 2.52. The molecule has 0 spiro atoms. The molecule has 0 bridgehead atoms. The van der Waals surface area contributed by atoms with Gasteiger partial charge in [-0.05, 0) is 36.5 Å². The van der Waals surface area contributed by atoms with E-state index in [1.807, 2.05) is 4.90 Å². The molecule has 7 heteroatoms. The average molecular weight is 287 g/mol. The van der Waals surface area contributed by atoms with Crippen LogP contribution in [0.2, 0.25) is 0 Å². The summed E-state index contributed by atoms with van der Waals surface area (Å²) in [7, 11) is -2.77. The smallest absolute Gasteiger partial charge is 0.218 e. The molecule has 2 aliphatic rings. The number of hydrogen-bond donors (Lipinski definition) is 2. The minimum atomic E-state index is -2.77. The molecule has 4 nitrogen and oxygen atoms in total. The first-order chi connectivity index (χ1) is 8.46. The first-order valence-electron chi connectivity index (χ1n) is 5.53. The third-order valence-corrected chi connectivity index (χ3v) is 5.36. The van der Waals surface area contributed by atoms with E-state index in [1.54, 1.807) is 12.1 Å². The number of benzene rings is 1. The SMILES string of the molecule is O=[S+]1(O)C[C@@H]2NC(=S)N(c3ccc(F)cc3)[C@@H]2C1. The van der Waals surface area contributed by atoms with Gasteiger partial charge in [-0.1, -0.05) is 4.21 Å². The van der Waals surface area contributed by atoms with Crippen molar-refractivity contribution in [3.8, 4) is 0 Å². The Balaban J connectivity index is 1.94. The molecule has 3 atom stereocenters. The molecule has 0 radical (unpaired) electrons. The van der Waals surface area contributed by atoms with E-state index in [2.05, 4.69) is 5.32 Å². The zero-order valence-electron chi connectivity index (χ0n) is 9.38. The number of rotatable bonds is 1. The standard InChI is InChI=1S/C11H11FN2O2S2/c12-7-1-3-8(4-2-7)14-10-6-18(15,16)5-9(10)13-11(14)17/h1-4,9-10H,5-6H2,(H-,13,15,16,17)/p+1/t9-,10+/m0/s1. The lowest BCUT2D eigenvalue weighted by atomic mass is 10.1. The van der Waals surface area contributed by atoms with Crippen LogP contribution in [-0.4, -0.2) is 33.3 Å². The monoisotopic (exact) mass is 287 g/mol. The van der Waals surface area contributed by atoms with Crippen molar-refractivity contribution in [1.82, 2.24) is 5.32 Å². The molecule has 2 N–H and O–H groups in total. The number of nitrogens with one attached hydrogen (secondary N) is 1. The maximum atomic E-state index is 12.9. The molecule has 2 fully saturated rings. The quantitative estimate of drug-likeness (QED) is 0.601. The van der Waals surface area contributed by atoms with Gasteiger partial charge in [0.25, 0.3) is 0 Å². The molecule has 0 aromatic heterocycles. The molecule has 96 valence electrons. The highest BCUT2D eigenvalue weighted by molar-refractivity contribution is 7.98. The Kier molecular flexibility index (Phi) is 2.65. The average Bonchev–Trinajstić information content (AvgIpc) is 2.70. The molecule has 2 aliphatic heterocycles. The van der Waals surface area contributed by atoms with Crippen molar-refractivity contribution in [3.63, 3.8) is 0 Å². The van der Waals surface area contributed by atoms with Crippen LogP contribution in [0, 0.1) is 5.82 Å². The molecule has 0 saturated carbocycles. The summed E-state index contributed by atoms with van der Waals surface area (Å²) in [4.78, 5) is 1.81. The maximum Gasteiger partial charge on any atom is 0.218 e. The van der Waals surface area contributed by atoms with Gasteiger partial charge in [0.05, 0.1) is 0 Å². The number of anilines is 1. The molecule has 1 aromatic carbocycles. The van der Waals surface area contributed by atoms with E-state index >= 15 is 0 Å². The Morgan fingerprint density at radius 1 is 1.39 bits per heavy atom. The van der Waals surface area contributed by atoms with E-state index in [0.717, 1.165) is 5.69 Å². The Bertz CT molecular complexity index is 548. The highest BCUT2D eigenvalue weighted by Crippen LogP contribution is 2.31. The van der Waals surface area contributed by atoms with E-state index in [9.17, 15) is 13.2 Å². The van der Waals surface area contributed by atoms with Crippen molar-refractivity contribution in [2.24, 2.45) is 0 Å². The van der Waals surface area contributed by atoms with Crippen molar-refractivity contribution < 1.29 is 13.2 Å². The zero-order chi connectivity index (χ0) is 12.9. The van der Waals surface area contributed by atoms with Gasteiger partial charge < -0.3 is 10.2 Å². The van der Waals surface area contributed by atoms with Crippen molar-refractivity contribution in [3.05, 3.63) is 30.1 Å². The second-order valence-corrected chi connectivity index (χ2v) is 7.17. The lowest BCUT2D eigenvalue weighted by molar-refractivity contribution is 0.502. The van der Waals surface area contributed by atoms with Gasteiger partial charge in [-0.25, -0.2) is 4.39 Å². The summed E-state index contributed by atoms with van der Waals surface area (Å²) in [5.41, 5.74) is 0.749. The van der Waals surface area contributed by atoms with Gasteiger partial charge in [0, 0.05) is 5.69 Å². The predicted octanol–water partition coefficient (Wildman–Crippen LogP) is 1.24. The second kappa shape index (κ2) is 3.97. The molecule has 1 unspecified atom stereocenters. The molecule has 1 aromatic rings. The lowest BCUT2D eigenvalue weighted by Crippen LogP contribution is -2.37. The summed E-state index contributed by atoms with van der Waals surface area (Å²) in [5.74, 6) is 0.100. The first-order valence-corrected chi connectivity index (χ1v) is 7.80. The third-order valence-electron chi connectivity index (χ3n) is 3.30. The molecule has 2 heterocycles. The van der Waals surface area contributed by atoms with E-state index in [0.29, 0.717) is 5.11 Å². The number of thiocarbonyl (C=S) groups is 1. The Morgan fingerprint density at radius 3 is 2.72 bits per heavy atom. The van der Waals surface area contributed by atoms with Crippen molar-refractivity contribution in [2.75, 3.05) is 16.4 Å². The minimum absolute atomic E-state index is 0.0972. The highest BCUT2D eigenvalue weighted by Gasteiger charge is 2.54. The number of halogens is 1. The second-order valence-electron chi connectivity index (χ2n) is 4.58. The molecule has 3 rings (SSSR count). The van der Waals surface area contributed by atoms with Crippen LogP contribution < -0.4 is 10.2 Å². The van der Waals surface area contributed by atoms with Crippen LogP contribution in [0.3, 0.4) is 0 Å². The lowest BCUT2D eigenvalue weighted by Gasteiger charge is -2.21. The van der Waals surface area contributed by atoms with Crippen LogP contribution in [0.4, 0.5) is 10.1 Å². The van der Waals surface area contributed by atoms with E-state index < -0.39 is 10.2 Å². The highest BCUT2D eigenvalue weighted by atomic mass is 32.3. The topological polar surface area (TPSA) is 52.6 Å². The zero-order valence-corrected chi connectivity index (χ0v) is 11.0. The van der Waals surface area contributed by atoms with Gasteiger partial charge >= 0.3 is 0 Å². The normalized spacial score (nSPS) is 34.6. The van der Waals surface area contributed by atoms with Crippen LogP contribution in [-0.2, 0) is 14.4 Å². The molecule has 18 heavy (non-hydrogen) atoms. The summed E-state index contributed by atoms with van der Waals surface area (Å²) in [6.07, 6.45) is 0. The van der Waals surface area contributed by atoms with Crippen LogP contribution in [0.1, 0.15) is 0 Å². The molecule has 2 saturated heterocycles. The summed E-state index contributed by atoms with van der Waals surface area (Å²) < 4.78 is 34.3. The molecular formula is C11H12FN2O2S2+. The summed E-state index contributed by atoms with van der Waals surface area (Å²) >= 11 is 5.23.